The molecule has 0 saturated carbocycles. The lowest BCUT2D eigenvalue weighted by molar-refractivity contribution is 0.0946. The first kappa shape index (κ1) is 22.9. The molecule has 160 valence electrons. The van der Waals surface area contributed by atoms with Crippen LogP contribution >= 0.6 is 34.8 Å². The minimum absolute atomic E-state index is 0.00792. The first-order valence-electron chi connectivity index (χ1n) is 8.86. The molecule has 10 heteroatoms. The number of nitrogens with zero attached hydrogens (tertiary/aromatic N) is 1. The third-order valence-corrected chi connectivity index (χ3v) is 4.71. The smallest absolute Gasteiger partial charge is 0.271 e. The van der Waals surface area contributed by atoms with Crippen LogP contribution in [-0.2, 0) is 6.54 Å². The van der Waals surface area contributed by atoms with Gasteiger partial charge in [0.1, 0.15) is 17.5 Å². The summed E-state index contributed by atoms with van der Waals surface area (Å²) in [4.78, 5) is 18.5. The van der Waals surface area contributed by atoms with Crippen molar-refractivity contribution in [2.45, 2.75) is 19.6 Å². The zero-order valence-electron chi connectivity index (χ0n) is 16.0. The van der Waals surface area contributed by atoms with Crippen LogP contribution < -0.4 is 10.1 Å². The Morgan fingerprint density at radius 1 is 1.32 bits per heavy atom. The van der Waals surface area contributed by atoms with Gasteiger partial charge in [-0.3, -0.25) is 4.79 Å². The van der Waals surface area contributed by atoms with Crippen molar-refractivity contribution in [1.82, 2.24) is 15.3 Å². The molecule has 2 aromatic carbocycles. The number of nitrogens with one attached hydrogen (secondary N) is 2. The summed E-state index contributed by atoms with van der Waals surface area (Å²) in [6.45, 7) is 1.38. The van der Waals surface area contributed by atoms with Crippen molar-refractivity contribution in [3.05, 3.63) is 74.5 Å². The lowest BCUT2D eigenvalue weighted by Crippen LogP contribution is -2.24. The molecule has 0 radical (unpaired) electrons. The molecule has 0 unspecified atom stereocenters. The van der Waals surface area contributed by atoms with Gasteiger partial charge in [-0.15, -0.1) is 0 Å². The summed E-state index contributed by atoms with van der Waals surface area (Å²) in [7, 11) is 0. The lowest BCUT2D eigenvalue weighted by atomic mass is 10.2. The molecule has 3 aromatic rings. The lowest BCUT2D eigenvalue weighted by Gasteiger charge is -2.13. The van der Waals surface area contributed by atoms with Gasteiger partial charge in [0.15, 0.2) is 16.7 Å². The number of hydrogen-bond acceptors (Lipinski definition) is 4. The van der Waals surface area contributed by atoms with E-state index in [1.807, 2.05) is 0 Å². The Balaban J connectivity index is 1.82. The second-order valence-electron chi connectivity index (χ2n) is 6.32. The second kappa shape index (κ2) is 10.0. The summed E-state index contributed by atoms with van der Waals surface area (Å²) >= 11 is 18.0. The Hall–Kier alpha value is -2.76. The SMILES string of the molecule is C[C@H](O)C#Cc1cc(Cl)cc(Oc2c(Cl)ccc(CNC(=O)c3[nH]cnc3Cl)c2F)c1. The number of rotatable bonds is 5. The van der Waals surface area contributed by atoms with Gasteiger partial charge in [-0.05, 0) is 31.2 Å². The third kappa shape index (κ3) is 5.90. The molecule has 0 saturated heterocycles. The zero-order valence-corrected chi connectivity index (χ0v) is 18.2. The number of aliphatic hydroxyl groups excluding tert-OH is 1. The Bertz CT molecular complexity index is 1190. The number of amides is 1. The molecule has 0 aliphatic rings. The van der Waals surface area contributed by atoms with E-state index in [4.69, 9.17) is 39.5 Å². The van der Waals surface area contributed by atoms with Crippen molar-refractivity contribution >= 4 is 40.7 Å². The van der Waals surface area contributed by atoms with E-state index >= 15 is 4.39 Å². The minimum atomic E-state index is -0.821. The molecule has 1 atom stereocenters. The molecular weight excluding hydrogens is 468 g/mol. The molecule has 31 heavy (non-hydrogen) atoms. The van der Waals surface area contributed by atoms with Crippen LogP contribution in [0.15, 0.2) is 36.7 Å². The van der Waals surface area contributed by atoms with Crippen LogP contribution in [0.3, 0.4) is 0 Å². The molecule has 3 N–H and O–H groups in total. The van der Waals surface area contributed by atoms with E-state index in [9.17, 15) is 9.90 Å². The molecule has 0 bridgehead atoms. The van der Waals surface area contributed by atoms with Crippen molar-refractivity contribution in [3.8, 4) is 23.3 Å². The molecule has 1 amide bonds. The summed E-state index contributed by atoms with van der Waals surface area (Å²) in [5.74, 6) is 4.01. The Kier molecular flexibility index (Phi) is 7.42. The van der Waals surface area contributed by atoms with Crippen molar-refractivity contribution in [3.63, 3.8) is 0 Å². The third-order valence-electron chi connectivity index (χ3n) is 3.91. The average molecular weight is 483 g/mol. The van der Waals surface area contributed by atoms with E-state index in [0.29, 0.717) is 10.6 Å². The Morgan fingerprint density at radius 2 is 2.10 bits per heavy atom. The number of halogens is 4. The molecule has 3 rings (SSSR count). The van der Waals surface area contributed by atoms with Crippen LogP contribution in [0.5, 0.6) is 11.5 Å². The van der Waals surface area contributed by atoms with Crippen molar-refractivity contribution in [2.75, 3.05) is 0 Å². The number of H-pyrrole nitrogens is 1. The van der Waals surface area contributed by atoms with Gasteiger partial charge in [-0.25, -0.2) is 9.37 Å². The molecule has 0 aliphatic heterocycles. The maximum Gasteiger partial charge on any atom is 0.271 e. The molecule has 0 fully saturated rings. The number of imidazole rings is 1. The van der Waals surface area contributed by atoms with Crippen molar-refractivity contribution in [2.24, 2.45) is 0 Å². The number of aromatic nitrogens is 2. The quantitative estimate of drug-likeness (QED) is 0.448. The molecule has 0 aliphatic carbocycles. The average Bonchev–Trinajstić information content (AvgIpc) is 3.14. The van der Waals surface area contributed by atoms with Gasteiger partial charge >= 0.3 is 0 Å². The summed E-state index contributed by atoms with van der Waals surface area (Å²) in [6, 6.07) is 7.46. The number of ether oxygens (including phenoxy) is 1. The van der Waals surface area contributed by atoms with Gasteiger partial charge in [-0.2, -0.15) is 0 Å². The number of aliphatic hydroxyl groups is 1. The summed E-state index contributed by atoms with van der Waals surface area (Å²) < 4.78 is 20.7. The van der Waals surface area contributed by atoms with Crippen LogP contribution in [0.4, 0.5) is 4.39 Å². The topological polar surface area (TPSA) is 87.2 Å². The minimum Gasteiger partial charge on any atom is -0.453 e. The largest absolute Gasteiger partial charge is 0.453 e. The van der Waals surface area contributed by atoms with Crippen LogP contribution in [0.1, 0.15) is 28.5 Å². The normalized spacial score (nSPS) is 11.4. The number of aromatic amines is 1. The fourth-order valence-corrected chi connectivity index (χ4v) is 3.10. The van der Waals surface area contributed by atoms with Crippen LogP contribution in [-0.4, -0.2) is 27.1 Å². The van der Waals surface area contributed by atoms with E-state index in [2.05, 4.69) is 27.1 Å². The highest BCUT2D eigenvalue weighted by atomic mass is 35.5. The number of carbonyl (C=O) groups excluding carboxylic acids is 1. The van der Waals surface area contributed by atoms with Gasteiger partial charge in [-0.1, -0.05) is 52.7 Å². The van der Waals surface area contributed by atoms with Gasteiger partial charge in [0.25, 0.3) is 5.91 Å². The van der Waals surface area contributed by atoms with E-state index in [0.717, 1.165) is 0 Å². The predicted molar refractivity (Wildman–Crippen MR) is 116 cm³/mol. The van der Waals surface area contributed by atoms with E-state index in [-0.39, 0.29) is 39.5 Å². The highest BCUT2D eigenvalue weighted by Gasteiger charge is 2.18. The van der Waals surface area contributed by atoms with Gasteiger partial charge in [0.05, 0.1) is 11.3 Å². The summed E-state index contributed by atoms with van der Waals surface area (Å²) in [5, 5.41) is 12.2. The molecule has 1 heterocycles. The van der Waals surface area contributed by atoms with Crippen LogP contribution in [0.2, 0.25) is 15.2 Å². The van der Waals surface area contributed by atoms with Crippen molar-refractivity contribution in [1.29, 1.82) is 0 Å². The van der Waals surface area contributed by atoms with Gasteiger partial charge in [0, 0.05) is 22.7 Å². The second-order valence-corrected chi connectivity index (χ2v) is 7.53. The molecule has 6 nitrogen and oxygen atoms in total. The highest BCUT2D eigenvalue weighted by molar-refractivity contribution is 6.32. The standard InChI is InChI=1S/C21H15Cl3FN3O3/c1-11(29)2-3-12-6-14(22)8-15(7-12)31-19-16(23)5-4-13(17(19)25)9-26-21(30)18-20(24)28-10-27-18/h4-8,10-11,29H,9H2,1H3,(H,26,30)(H,27,28)/t11-/m0/s1. The fourth-order valence-electron chi connectivity index (χ4n) is 2.50. The van der Waals surface area contributed by atoms with E-state index < -0.39 is 17.8 Å². The number of hydrogen-bond donors (Lipinski definition) is 3. The number of carbonyl (C=O) groups is 1. The van der Waals surface area contributed by atoms with Gasteiger partial charge in [0.2, 0.25) is 0 Å². The molecule has 0 spiro atoms. The van der Waals surface area contributed by atoms with Gasteiger partial charge < -0.3 is 20.1 Å². The van der Waals surface area contributed by atoms with E-state index in [1.165, 1.54) is 37.5 Å². The summed E-state index contributed by atoms with van der Waals surface area (Å²) in [6.07, 6.45) is 0.454. The van der Waals surface area contributed by atoms with Crippen LogP contribution in [0.25, 0.3) is 0 Å². The first-order chi connectivity index (χ1) is 14.7. The van der Waals surface area contributed by atoms with E-state index in [1.54, 1.807) is 6.07 Å². The molecule has 1 aromatic heterocycles. The monoisotopic (exact) mass is 481 g/mol. The summed E-state index contributed by atoms with van der Waals surface area (Å²) in [5.41, 5.74) is 0.677. The van der Waals surface area contributed by atoms with Crippen molar-refractivity contribution < 1.29 is 19.0 Å². The Morgan fingerprint density at radius 3 is 2.77 bits per heavy atom. The predicted octanol–water partition coefficient (Wildman–Crippen LogP) is 4.96. The number of benzene rings is 2. The zero-order chi connectivity index (χ0) is 22.5. The highest BCUT2D eigenvalue weighted by Crippen LogP contribution is 2.35. The Labute approximate surface area is 192 Å². The maximum atomic E-state index is 15.0. The fraction of sp³-hybridized carbons (Fsp3) is 0.143. The van der Waals surface area contributed by atoms with Crippen LogP contribution in [0, 0.1) is 17.7 Å². The first-order valence-corrected chi connectivity index (χ1v) is 10.00. The maximum absolute atomic E-state index is 15.0. The molecular formula is C21H15Cl3FN3O3.